The maximum Gasteiger partial charge on any atom is 0.0784 e. The van der Waals surface area contributed by atoms with Gasteiger partial charge in [-0.1, -0.05) is 51.0 Å². The van der Waals surface area contributed by atoms with Gasteiger partial charge in [-0.25, -0.2) is 4.99 Å². The molecule has 150 valence electrons. The highest BCUT2D eigenvalue weighted by atomic mass is 31.0. The first kappa shape index (κ1) is 21.2. The predicted molar refractivity (Wildman–Crippen MR) is 130 cm³/mol. The molecule has 2 aromatic rings. The van der Waals surface area contributed by atoms with Gasteiger partial charge in [0.1, 0.15) is 0 Å². The quantitative estimate of drug-likeness (QED) is 0.417. The van der Waals surface area contributed by atoms with Crippen molar-refractivity contribution in [3.05, 3.63) is 82.8 Å². The first-order chi connectivity index (χ1) is 14.0. The van der Waals surface area contributed by atoms with Crippen LogP contribution in [0.4, 0.5) is 11.4 Å². The van der Waals surface area contributed by atoms with Crippen LogP contribution in [0.3, 0.4) is 0 Å². The number of anilines is 1. The average Bonchev–Trinajstić information content (AvgIpc) is 2.72. The Balaban J connectivity index is 1.87. The summed E-state index contributed by atoms with van der Waals surface area (Å²) in [6, 6.07) is 17.0. The zero-order valence-corrected chi connectivity index (χ0v) is 18.7. The van der Waals surface area contributed by atoms with Gasteiger partial charge in [0.15, 0.2) is 0 Å². The normalized spacial score (nSPS) is 15.3. The van der Waals surface area contributed by atoms with Crippen molar-refractivity contribution in [2.75, 3.05) is 11.9 Å². The zero-order chi connectivity index (χ0) is 20.8. The van der Waals surface area contributed by atoms with Crippen LogP contribution < -0.4 is 4.90 Å². The van der Waals surface area contributed by atoms with E-state index in [0.717, 1.165) is 53.8 Å². The maximum absolute atomic E-state index is 8.45. The topological polar surface area (TPSA) is 39.5 Å². The molecule has 0 saturated heterocycles. The number of rotatable bonds is 7. The second-order valence-electron chi connectivity index (χ2n) is 7.43. The van der Waals surface area contributed by atoms with E-state index in [1.165, 1.54) is 11.1 Å². The standard InChI is InChI=1S/C25H30N3P/c1-4-6-18-8-12-20(13-9-18)27-23-17-24(22(26)16-25(23)29)28(3)21-14-10-19(7-5-2)11-15-21/h8-17,26H,4-7,29H2,1-3H3. The SMILES string of the molecule is CCCc1ccc(N=C2C=C(N(C)c3ccc(CCC)cc3)C(=N)C=C2P)cc1. The molecule has 3 rings (SSSR count). The summed E-state index contributed by atoms with van der Waals surface area (Å²) in [5.74, 6) is 0. The van der Waals surface area contributed by atoms with Crippen LogP contribution in [0.1, 0.15) is 37.8 Å². The van der Waals surface area contributed by atoms with Gasteiger partial charge in [-0.2, -0.15) is 0 Å². The number of nitrogens with one attached hydrogen (secondary N) is 1. The summed E-state index contributed by atoms with van der Waals surface area (Å²) in [6.07, 6.45) is 8.35. The van der Waals surface area contributed by atoms with E-state index < -0.39 is 0 Å². The van der Waals surface area contributed by atoms with Gasteiger partial charge in [0.2, 0.25) is 0 Å². The fraction of sp³-hybridized carbons (Fsp3) is 0.280. The minimum absolute atomic E-state index is 0.493. The molecule has 0 radical (unpaired) electrons. The molecular weight excluding hydrogens is 373 g/mol. The third-order valence-electron chi connectivity index (χ3n) is 5.09. The lowest BCUT2D eigenvalue weighted by Gasteiger charge is -2.25. The van der Waals surface area contributed by atoms with E-state index in [9.17, 15) is 0 Å². The molecule has 29 heavy (non-hydrogen) atoms. The molecule has 0 aromatic heterocycles. The molecule has 3 nitrogen and oxygen atoms in total. The van der Waals surface area contributed by atoms with E-state index in [4.69, 9.17) is 10.4 Å². The van der Waals surface area contributed by atoms with Crippen LogP contribution in [0.15, 0.2) is 76.7 Å². The Morgan fingerprint density at radius 2 is 1.41 bits per heavy atom. The van der Waals surface area contributed by atoms with Gasteiger partial charge in [-0.3, -0.25) is 5.41 Å². The second kappa shape index (κ2) is 9.80. The van der Waals surface area contributed by atoms with Crippen molar-refractivity contribution in [1.29, 1.82) is 5.41 Å². The highest BCUT2D eigenvalue weighted by molar-refractivity contribution is 7.25. The first-order valence-electron chi connectivity index (χ1n) is 10.3. The van der Waals surface area contributed by atoms with E-state index in [1.54, 1.807) is 0 Å². The molecule has 2 aromatic carbocycles. The van der Waals surface area contributed by atoms with Gasteiger partial charge in [0.05, 0.1) is 22.8 Å². The number of benzene rings is 2. The van der Waals surface area contributed by atoms with E-state index in [2.05, 4.69) is 76.5 Å². The van der Waals surface area contributed by atoms with Gasteiger partial charge < -0.3 is 4.90 Å². The van der Waals surface area contributed by atoms with Gasteiger partial charge >= 0.3 is 0 Å². The Morgan fingerprint density at radius 3 is 1.97 bits per heavy atom. The largest absolute Gasteiger partial charge is 0.343 e. The minimum atomic E-state index is 0.493. The van der Waals surface area contributed by atoms with Crippen LogP contribution in [0.25, 0.3) is 0 Å². The molecule has 0 bridgehead atoms. The van der Waals surface area contributed by atoms with Gasteiger partial charge in [0, 0.05) is 12.7 Å². The third kappa shape index (κ3) is 5.31. The number of hydrogen-bond acceptors (Lipinski definition) is 3. The van der Waals surface area contributed by atoms with Crippen LogP contribution in [-0.2, 0) is 12.8 Å². The van der Waals surface area contributed by atoms with Crippen LogP contribution in [-0.4, -0.2) is 18.5 Å². The fourth-order valence-corrected chi connectivity index (χ4v) is 3.76. The Morgan fingerprint density at radius 1 is 0.862 bits per heavy atom. The van der Waals surface area contributed by atoms with E-state index >= 15 is 0 Å². The summed E-state index contributed by atoms with van der Waals surface area (Å²) in [4.78, 5) is 6.89. The van der Waals surface area contributed by atoms with Crippen molar-refractivity contribution in [1.82, 2.24) is 0 Å². The summed E-state index contributed by atoms with van der Waals surface area (Å²) in [5.41, 5.74) is 6.91. The Kier molecular flexibility index (Phi) is 7.17. The zero-order valence-electron chi connectivity index (χ0n) is 17.6. The number of hydrogen-bond donors (Lipinski definition) is 1. The summed E-state index contributed by atoms with van der Waals surface area (Å²) in [6.45, 7) is 4.38. The van der Waals surface area contributed by atoms with E-state index in [1.807, 2.05) is 19.2 Å². The molecule has 0 heterocycles. The molecular formula is C25H30N3P. The third-order valence-corrected chi connectivity index (χ3v) is 5.56. The van der Waals surface area contributed by atoms with Crippen molar-refractivity contribution in [3.63, 3.8) is 0 Å². The van der Waals surface area contributed by atoms with Gasteiger partial charge in [0.25, 0.3) is 0 Å². The first-order valence-corrected chi connectivity index (χ1v) is 10.9. The molecule has 1 N–H and O–H groups in total. The fourth-order valence-electron chi connectivity index (χ4n) is 3.45. The summed E-state index contributed by atoms with van der Waals surface area (Å²) in [5, 5.41) is 9.39. The van der Waals surface area contributed by atoms with E-state index in [-0.39, 0.29) is 0 Å². The monoisotopic (exact) mass is 403 g/mol. The van der Waals surface area contributed by atoms with Gasteiger partial charge in [-0.05, 0) is 65.7 Å². The number of aryl methyl sites for hydroxylation is 2. The highest BCUT2D eigenvalue weighted by Gasteiger charge is 2.18. The molecule has 1 atom stereocenters. The van der Waals surface area contributed by atoms with Crippen molar-refractivity contribution in [2.24, 2.45) is 4.99 Å². The van der Waals surface area contributed by atoms with Crippen molar-refractivity contribution in [2.45, 2.75) is 39.5 Å². The predicted octanol–water partition coefficient (Wildman–Crippen LogP) is 6.48. The smallest absolute Gasteiger partial charge is 0.0784 e. The number of allylic oxidation sites excluding steroid dienone is 3. The average molecular weight is 404 g/mol. The van der Waals surface area contributed by atoms with Gasteiger partial charge in [-0.15, -0.1) is 9.24 Å². The lowest BCUT2D eigenvalue weighted by molar-refractivity contribution is 0.921. The summed E-state index contributed by atoms with van der Waals surface area (Å²) < 4.78 is 0. The molecule has 1 aliphatic rings. The molecule has 0 spiro atoms. The highest BCUT2D eigenvalue weighted by Crippen LogP contribution is 2.27. The maximum atomic E-state index is 8.45. The van der Waals surface area contributed by atoms with Crippen LogP contribution >= 0.6 is 9.24 Å². The van der Waals surface area contributed by atoms with Crippen LogP contribution in [0.2, 0.25) is 0 Å². The van der Waals surface area contributed by atoms with Crippen LogP contribution in [0.5, 0.6) is 0 Å². The summed E-state index contributed by atoms with van der Waals surface area (Å²) >= 11 is 0. The Labute approximate surface area is 177 Å². The lowest BCUT2D eigenvalue weighted by atomic mass is 10.1. The molecule has 1 aliphatic carbocycles. The second-order valence-corrected chi connectivity index (χ2v) is 8.05. The Hall–Kier alpha value is -2.51. The molecule has 0 amide bonds. The van der Waals surface area contributed by atoms with Crippen LogP contribution in [0, 0.1) is 5.41 Å². The minimum Gasteiger partial charge on any atom is -0.343 e. The molecule has 0 saturated carbocycles. The van der Waals surface area contributed by atoms with E-state index in [0.29, 0.717) is 5.71 Å². The van der Waals surface area contributed by atoms with Crippen molar-refractivity contribution in [3.8, 4) is 0 Å². The Bertz CT molecular complexity index is 951. The molecule has 0 aliphatic heterocycles. The molecule has 1 unspecified atom stereocenters. The molecule has 0 fully saturated rings. The van der Waals surface area contributed by atoms with Crippen molar-refractivity contribution >= 4 is 32.0 Å². The lowest BCUT2D eigenvalue weighted by Crippen LogP contribution is -2.25. The number of nitrogens with zero attached hydrogens (tertiary/aromatic N) is 2. The van der Waals surface area contributed by atoms with Crippen molar-refractivity contribution < 1.29 is 0 Å². The molecule has 4 heteroatoms. The number of aliphatic imine (C=N–C) groups is 1. The summed E-state index contributed by atoms with van der Waals surface area (Å²) in [7, 11) is 4.72.